The molecule has 9 heteroatoms. The second-order valence-corrected chi connectivity index (χ2v) is 11.1. The van der Waals surface area contributed by atoms with Crippen molar-refractivity contribution in [1.29, 1.82) is 0 Å². The van der Waals surface area contributed by atoms with Gasteiger partial charge in [-0.2, -0.15) is 0 Å². The van der Waals surface area contributed by atoms with Crippen molar-refractivity contribution >= 4 is 29.1 Å². The number of rotatable bonds is 11. The summed E-state index contributed by atoms with van der Waals surface area (Å²) in [6.07, 6.45) is -0.0961. The van der Waals surface area contributed by atoms with Crippen LogP contribution in [0.1, 0.15) is 47.5 Å². The van der Waals surface area contributed by atoms with Crippen LogP contribution >= 0.6 is 11.6 Å². The predicted octanol–water partition coefficient (Wildman–Crippen LogP) is 2.01. The minimum Gasteiger partial charge on any atom is -0.396 e. The lowest BCUT2D eigenvalue weighted by Gasteiger charge is -2.47. The Labute approximate surface area is 208 Å². The quantitative estimate of drug-likeness (QED) is 0.372. The first-order valence-corrected chi connectivity index (χ1v) is 12.3. The normalized spacial score (nSPS) is 19.6. The zero-order valence-corrected chi connectivity index (χ0v) is 21.8. The molecule has 1 aliphatic heterocycles. The van der Waals surface area contributed by atoms with Gasteiger partial charge in [-0.05, 0) is 38.8 Å². The van der Waals surface area contributed by atoms with Gasteiger partial charge in [0.1, 0.15) is 0 Å². The number of anilines is 1. The molecule has 0 saturated carbocycles. The number of aliphatic hydroxyl groups excluding tert-OH is 2. The second kappa shape index (κ2) is 11.8. The van der Waals surface area contributed by atoms with E-state index in [4.69, 9.17) is 17.3 Å². The molecule has 0 spiro atoms. The fraction of sp³-hybridized carbons (Fsp3) is 0.680. The van der Waals surface area contributed by atoms with E-state index in [1.807, 2.05) is 57.7 Å². The van der Waals surface area contributed by atoms with Gasteiger partial charge in [-0.25, -0.2) is 0 Å². The molecule has 0 aliphatic carbocycles. The van der Waals surface area contributed by atoms with Crippen molar-refractivity contribution in [3.63, 3.8) is 0 Å². The van der Waals surface area contributed by atoms with Gasteiger partial charge in [0.25, 0.3) is 0 Å². The first-order valence-electron chi connectivity index (χ1n) is 11.9. The summed E-state index contributed by atoms with van der Waals surface area (Å²) in [7, 11) is 0. The molecule has 5 N–H and O–H groups in total. The minimum absolute atomic E-state index is 0.0319. The standard InChI is InChI=1S/C25H41ClN4O4/c1-6-17(23(34)28-14-24(2,3)16-31)11-21(32)19(27)12-29-13-22(33)30(15-25(29,4)5)20-10-8-7-9-18(20)26/h7-10,17,19,21,31-32H,6,11-16,27H2,1-5H3,(H,28,34)/t17-,19+,21+/m1/s1. The number of amides is 2. The van der Waals surface area contributed by atoms with Gasteiger partial charge in [-0.3, -0.25) is 14.5 Å². The van der Waals surface area contributed by atoms with E-state index < -0.39 is 17.6 Å². The van der Waals surface area contributed by atoms with Crippen molar-refractivity contribution in [3.05, 3.63) is 29.3 Å². The Balaban J connectivity index is 1.98. The Morgan fingerprint density at radius 1 is 1.32 bits per heavy atom. The fourth-order valence-electron chi connectivity index (χ4n) is 4.07. The van der Waals surface area contributed by atoms with Gasteiger partial charge < -0.3 is 26.2 Å². The van der Waals surface area contributed by atoms with Crippen molar-refractivity contribution < 1.29 is 19.8 Å². The summed E-state index contributed by atoms with van der Waals surface area (Å²) in [5, 5.41) is 23.6. The summed E-state index contributed by atoms with van der Waals surface area (Å²) in [6, 6.07) is 6.66. The molecule has 0 bridgehead atoms. The molecule has 1 aromatic rings. The highest BCUT2D eigenvalue weighted by Crippen LogP contribution is 2.31. The number of nitrogens with two attached hydrogens (primary N) is 1. The fourth-order valence-corrected chi connectivity index (χ4v) is 4.31. The lowest BCUT2D eigenvalue weighted by Crippen LogP contribution is -2.64. The van der Waals surface area contributed by atoms with Crippen molar-refractivity contribution in [2.24, 2.45) is 17.1 Å². The van der Waals surface area contributed by atoms with E-state index in [0.29, 0.717) is 36.8 Å². The molecule has 1 heterocycles. The predicted molar refractivity (Wildman–Crippen MR) is 136 cm³/mol. The number of hydrogen-bond donors (Lipinski definition) is 4. The van der Waals surface area contributed by atoms with E-state index in [2.05, 4.69) is 5.32 Å². The highest BCUT2D eigenvalue weighted by atomic mass is 35.5. The van der Waals surface area contributed by atoms with Gasteiger partial charge in [0.2, 0.25) is 11.8 Å². The number of nitrogens with one attached hydrogen (secondary N) is 1. The van der Waals surface area contributed by atoms with Gasteiger partial charge in [-0.15, -0.1) is 0 Å². The molecular weight excluding hydrogens is 456 g/mol. The van der Waals surface area contributed by atoms with Crippen LogP contribution in [0.5, 0.6) is 0 Å². The molecule has 0 unspecified atom stereocenters. The van der Waals surface area contributed by atoms with Crippen LogP contribution in [0.25, 0.3) is 0 Å². The topological polar surface area (TPSA) is 119 Å². The van der Waals surface area contributed by atoms with E-state index in [9.17, 15) is 19.8 Å². The summed E-state index contributed by atoms with van der Waals surface area (Å²) >= 11 is 6.32. The zero-order chi connectivity index (χ0) is 25.7. The van der Waals surface area contributed by atoms with Crippen LogP contribution in [0.3, 0.4) is 0 Å². The molecule has 3 atom stereocenters. The minimum atomic E-state index is -0.894. The van der Waals surface area contributed by atoms with Crippen molar-refractivity contribution in [2.45, 2.75) is 65.1 Å². The summed E-state index contributed by atoms with van der Waals surface area (Å²) < 4.78 is 0. The maximum atomic E-state index is 12.9. The number of carbonyl (C=O) groups is 2. The summed E-state index contributed by atoms with van der Waals surface area (Å²) in [5.41, 5.74) is 6.24. The lowest BCUT2D eigenvalue weighted by molar-refractivity contribution is -0.126. The molecule has 1 fully saturated rings. The number of para-hydroxylation sites is 1. The van der Waals surface area contributed by atoms with Gasteiger partial charge in [0, 0.05) is 49.2 Å². The first-order chi connectivity index (χ1) is 15.8. The van der Waals surface area contributed by atoms with E-state index in [-0.39, 0.29) is 42.8 Å². The van der Waals surface area contributed by atoms with Crippen LogP contribution in [0.15, 0.2) is 24.3 Å². The van der Waals surface area contributed by atoms with Gasteiger partial charge >= 0.3 is 0 Å². The van der Waals surface area contributed by atoms with Crippen LogP contribution in [0, 0.1) is 11.3 Å². The highest BCUT2D eigenvalue weighted by molar-refractivity contribution is 6.33. The molecule has 0 radical (unpaired) electrons. The van der Waals surface area contributed by atoms with Crippen molar-refractivity contribution in [1.82, 2.24) is 10.2 Å². The van der Waals surface area contributed by atoms with E-state index >= 15 is 0 Å². The summed E-state index contributed by atoms with van der Waals surface area (Å²) in [6.45, 7) is 11.0. The molecule has 1 aliphatic rings. The number of piperazine rings is 1. The Morgan fingerprint density at radius 2 is 1.97 bits per heavy atom. The maximum absolute atomic E-state index is 12.9. The maximum Gasteiger partial charge on any atom is 0.241 e. The number of halogens is 1. The van der Waals surface area contributed by atoms with Crippen molar-refractivity contribution in [3.8, 4) is 0 Å². The van der Waals surface area contributed by atoms with Gasteiger partial charge in [-0.1, -0.05) is 44.5 Å². The highest BCUT2D eigenvalue weighted by Gasteiger charge is 2.40. The summed E-state index contributed by atoms with van der Waals surface area (Å²) in [4.78, 5) is 29.2. The van der Waals surface area contributed by atoms with Gasteiger partial charge in [0.05, 0.1) is 23.4 Å². The number of aliphatic hydroxyl groups is 2. The second-order valence-electron chi connectivity index (χ2n) is 10.7. The molecular formula is C25H41ClN4O4. The Morgan fingerprint density at radius 3 is 2.56 bits per heavy atom. The molecule has 8 nitrogen and oxygen atoms in total. The molecule has 192 valence electrons. The Kier molecular flexibility index (Phi) is 9.91. The van der Waals surface area contributed by atoms with E-state index in [0.717, 1.165) is 0 Å². The molecule has 1 aromatic carbocycles. The number of carbonyl (C=O) groups excluding carboxylic acids is 2. The molecule has 2 rings (SSSR count). The van der Waals surface area contributed by atoms with E-state index in [1.165, 1.54) is 0 Å². The first kappa shape index (κ1) is 28.5. The summed E-state index contributed by atoms with van der Waals surface area (Å²) in [5.74, 6) is -0.618. The molecule has 34 heavy (non-hydrogen) atoms. The number of hydrogen-bond acceptors (Lipinski definition) is 6. The third-order valence-electron chi connectivity index (χ3n) is 6.66. The zero-order valence-electron chi connectivity index (χ0n) is 21.1. The Hall–Kier alpha value is -1.71. The van der Waals surface area contributed by atoms with Crippen LogP contribution < -0.4 is 16.0 Å². The SMILES string of the molecule is CC[C@H](C[C@H](O)[C@@H](N)CN1CC(=O)N(c2ccccc2Cl)CC1(C)C)C(=O)NCC(C)(C)CO. The monoisotopic (exact) mass is 496 g/mol. The molecule has 2 amide bonds. The lowest BCUT2D eigenvalue weighted by atomic mass is 9.91. The van der Waals surface area contributed by atoms with Crippen molar-refractivity contribution in [2.75, 3.05) is 37.7 Å². The van der Waals surface area contributed by atoms with Gasteiger partial charge in [0.15, 0.2) is 0 Å². The third-order valence-corrected chi connectivity index (χ3v) is 6.98. The van der Waals surface area contributed by atoms with E-state index in [1.54, 1.807) is 11.0 Å². The number of nitrogens with zero attached hydrogens (tertiary/aromatic N) is 2. The Bertz CT molecular complexity index is 848. The molecule has 1 saturated heterocycles. The van der Waals surface area contributed by atoms with Crippen LogP contribution in [0.2, 0.25) is 5.02 Å². The smallest absolute Gasteiger partial charge is 0.241 e. The number of benzene rings is 1. The largest absolute Gasteiger partial charge is 0.396 e. The molecule has 0 aromatic heterocycles. The average Bonchev–Trinajstić information content (AvgIpc) is 2.78. The van der Waals surface area contributed by atoms with Crippen LogP contribution in [0.4, 0.5) is 5.69 Å². The van der Waals surface area contributed by atoms with Crippen LogP contribution in [-0.4, -0.2) is 77.4 Å². The van der Waals surface area contributed by atoms with Crippen LogP contribution in [-0.2, 0) is 9.59 Å². The average molecular weight is 497 g/mol. The third kappa shape index (κ3) is 7.39.